The molecular formula is C14H21F2NO. The van der Waals surface area contributed by atoms with Crippen LogP contribution in [-0.4, -0.2) is 19.8 Å². The normalized spacial score (nSPS) is 13.0. The summed E-state index contributed by atoms with van der Waals surface area (Å²) in [6.07, 6.45) is 0. The Morgan fingerprint density at radius 3 is 2.33 bits per heavy atom. The number of ether oxygens (including phenoxy) is 1. The largest absolute Gasteiger partial charge is 0.380 e. The summed E-state index contributed by atoms with van der Waals surface area (Å²) in [4.78, 5) is 0. The van der Waals surface area contributed by atoms with Gasteiger partial charge in [-0.3, -0.25) is 0 Å². The lowest BCUT2D eigenvalue weighted by Crippen LogP contribution is -2.25. The smallest absolute Gasteiger partial charge is 0.130 e. The quantitative estimate of drug-likeness (QED) is 0.757. The Morgan fingerprint density at radius 1 is 1.17 bits per heavy atom. The minimum Gasteiger partial charge on any atom is -0.380 e. The summed E-state index contributed by atoms with van der Waals surface area (Å²) >= 11 is 0. The zero-order chi connectivity index (χ0) is 13.5. The number of hydrogen-bond acceptors (Lipinski definition) is 2. The lowest BCUT2D eigenvalue weighted by molar-refractivity contribution is 0.110. The fraction of sp³-hybridized carbons (Fsp3) is 0.571. The molecule has 0 aliphatic carbocycles. The average molecular weight is 257 g/mol. The minimum absolute atomic E-state index is 0.0846. The number of hydrogen-bond donors (Lipinski definition) is 1. The number of halogens is 2. The van der Waals surface area contributed by atoms with Crippen molar-refractivity contribution in [3.63, 3.8) is 0 Å². The molecule has 1 unspecified atom stereocenters. The maximum Gasteiger partial charge on any atom is 0.130 e. The van der Waals surface area contributed by atoms with Gasteiger partial charge in [-0.05, 0) is 25.0 Å². The molecule has 0 saturated heterocycles. The molecule has 0 aromatic heterocycles. The Hall–Kier alpha value is -1.00. The first-order chi connectivity index (χ1) is 8.52. The molecule has 0 radical (unpaired) electrons. The van der Waals surface area contributed by atoms with Gasteiger partial charge in [0.05, 0.1) is 6.61 Å². The third kappa shape index (κ3) is 4.70. The topological polar surface area (TPSA) is 21.3 Å². The van der Waals surface area contributed by atoms with Crippen LogP contribution in [0.1, 0.15) is 32.4 Å². The van der Waals surface area contributed by atoms with Crippen LogP contribution < -0.4 is 5.32 Å². The third-order valence-corrected chi connectivity index (χ3v) is 2.58. The van der Waals surface area contributed by atoms with Gasteiger partial charge in [0.2, 0.25) is 0 Å². The van der Waals surface area contributed by atoms with E-state index in [4.69, 9.17) is 4.74 Å². The summed E-state index contributed by atoms with van der Waals surface area (Å²) in [7, 11) is 0. The molecule has 1 aromatic carbocycles. The molecule has 1 atom stereocenters. The fourth-order valence-corrected chi connectivity index (χ4v) is 1.69. The number of benzene rings is 1. The second-order valence-electron chi connectivity index (χ2n) is 4.78. The van der Waals surface area contributed by atoms with E-state index in [0.29, 0.717) is 25.7 Å². The summed E-state index contributed by atoms with van der Waals surface area (Å²) in [5.74, 6) is -0.539. The Balaban J connectivity index is 2.39. The van der Waals surface area contributed by atoms with Crippen LogP contribution in [0.4, 0.5) is 8.78 Å². The van der Waals surface area contributed by atoms with Crippen molar-refractivity contribution in [1.29, 1.82) is 0 Å². The molecule has 0 fully saturated rings. The molecule has 0 bridgehead atoms. The average Bonchev–Trinajstić information content (AvgIpc) is 2.27. The van der Waals surface area contributed by atoms with Crippen molar-refractivity contribution in [3.05, 3.63) is 35.4 Å². The Labute approximate surface area is 107 Å². The fourth-order valence-electron chi connectivity index (χ4n) is 1.69. The summed E-state index contributed by atoms with van der Waals surface area (Å²) in [5.41, 5.74) is 0.0846. The first-order valence-corrected chi connectivity index (χ1v) is 6.27. The molecule has 102 valence electrons. The first kappa shape index (κ1) is 15.1. The van der Waals surface area contributed by atoms with Gasteiger partial charge in [0.1, 0.15) is 11.6 Å². The summed E-state index contributed by atoms with van der Waals surface area (Å²) < 4.78 is 32.3. The van der Waals surface area contributed by atoms with Crippen LogP contribution in [0.15, 0.2) is 18.2 Å². The van der Waals surface area contributed by atoms with Crippen molar-refractivity contribution in [1.82, 2.24) is 5.32 Å². The number of nitrogens with one attached hydrogen (secondary N) is 1. The van der Waals surface area contributed by atoms with Crippen molar-refractivity contribution in [2.75, 3.05) is 19.8 Å². The predicted molar refractivity (Wildman–Crippen MR) is 68.4 cm³/mol. The molecule has 0 amide bonds. The maximum absolute atomic E-state index is 13.5. The van der Waals surface area contributed by atoms with Crippen LogP contribution in [0.3, 0.4) is 0 Å². The molecule has 1 aromatic rings. The van der Waals surface area contributed by atoms with Crippen LogP contribution in [0, 0.1) is 17.6 Å². The van der Waals surface area contributed by atoms with E-state index in [1.54, 1.807) is 6.92 Å². The van der Waals surface area contributed by atoms with Crippen LogP contribution in [0.25, 0.3) is 0 Å². The van der Waals surface area contributed by atoms with E-state index in [1.165, 1.54) is 18.2 Å². The summed E-state index contributed by atoms with van der Waals surface area (Å²) in [5, 5.41) is 3.05. The highest BCUT2D eigenvalue weighted by Crippen LogP contribution is 2.19. The maximum atomic E-state index is 13.5. The van der Waals surface area contributed by atoms with Gasteiger partial charge in [0.25, 0.3) is 0 Å². The molecule has 18 heavy (non-hydrogen) atoms. The first-order valence-electron chi connectivity index (χ1n) is 6.27. The second kappa shape index (κ2) is 7.44. The molecule has 0 saturated carbocycles. The molecule has 0 aliphatic heterocycles. The van der Waals surface area contributed by atoms with E-state index < -0.39 is 11.6 Å². The molecule has 2 nitrogen and oxygen atoms in total. The molecule has 1 rings (SSSR count). The SMILES string of the molecule is CC(C)COCCNC(C)c1c(F)cccc1F. The molecular weight excluding hydrogens is 236 g/mol. The standard InChI is InChI=1S/C14H21F2NO/c1-10(2)9-18-8-7-17-11(3)14-12(15)5-4-6-13(14)16/h4-6,10-11,17H,7-9H2,1-3H3. The van der Waals surface area contributed by atoms with Gasteiger partial charge < -0.3 is 10.1 Å². The van der Waals surface area contributed by atoms with E-state index in [-0.39, 0.29) is 11.6 Å². The monoisotopic (exact) mass is 257 g/mol. The van der Waals surface area contributed by atoms with Crippen LogP contribution in [0.5, 0.6) is 0 Å². The van der Waals surface area contributed by atoms with E-state index >= 15 is 0 Å². The van der Waals surface area contributed by atoms with Crippen molar-refractivity contribution < 1.29 is 13.5 Å². The van der Waals surface area contributed by atoms with Gasteiger partial charge in [0, 0.05) is 24.8 Å². The van der Waals surface area contributed by atoms with Crippen LogP contribution in [0.2, 0.25) is 0 Å². The van der Waals surface area contributed by atoms with Crippen molar-refractivity contribution in [3.8, 4) is 0 Å². The summed E-state index contributed by atoms with van der Waals surface area (Å²) in [6.45, 7) is 7.70. The van der Waals surface area contributed by atoms with Crippen molar-refractivity contribution in [2.45, 2.75) is 26.8 Å². The molecule has 4 heteroatoms. The lowest BCUT2D eigenvalue weighted by Gasteiger charge is -2.16. The molecule has 1 N–H and O–H groups in total. The zero-order valence-electron chi connectivity index (χ0n) is 11.2. The number of rotatable bonds is 7. The van der Waals surface area contributed by atoms with Gasteiger partial charge in [-0.1, -0.05) is 19.9 Å². The Morgan fingerprint density at radius 2 is 1.78 bits per heavy atom. The van der Waals surface area contributed by atoms with Gasteiger partial charge in [-0.15, -0.1) is 0 Å². The van der Waals surface area contributed by atoms with Gasteiger partial charge in [-0.25, -0.2) is 8.78 Å². The highest BCUT2D eigenvalue weighted by atomic mass is 19.1. The van der Waals surface area contributed by atoms with Crippen LogP contribution >= 0.6 is 0 Å². The van der Waals surface area contributed by atoms with E-state index in [0.717, 1.165) is 0 Å². The van der Waals surface area contributed by atoms with Gasteiger partial charge >= 0.3 is 0 Å². The van der Waals surface area contributed by atoms with Gasteiger partial charge in [0.15, 0.2) is 0 Å². The molecule has 0 aliphatic rings. The van der Waals surface area contributed by atoms with E-state index in [2.05, 4.69) is 19.2 Å². The van der Waals surface area contributed by atoms with E-state index in [1.807, 2.05) is 0 Å². The second-order valence-corrected chi connectivity index (χ2v) is 4.78. The van der Waals surface area contributed by atoms with Crippen LogP contribution in [-0.2, 0) is 4.74 Å². The third-order valence-electron chi connectivity index (χ3n) is 2.58. The van der Waals surface area contributed by atoms with E-state index in [9.17, 15) is 8.78 Å². The Kier molecular flexibility index (Phi) is 6.22. The molecule has 0 heterocycles. The van der Waals surface area contributed by atoms with Gasteiger partial charge in [-0.2, -0.15) is 0 Å². The van der Waals surface area contributed by atoms with Crippen molar-refractivity contribution >= 4 is 0 Å². The minimum atomic E-state index is -0.516. The Bertz CT molecular complexity index is 349. The zero-order valence-corrected chi connectivity index (χ0v) is 11.2. The highest BCUT2D eigenvalue weighted by Gasteiger charge is 2.14. The molecule has 0 spiro atoms. The predicted octanol–water partition coefficient (Wildman–Crippen LogP) is 3.29. The van der Waals surface area contributed by atoms with Crippen molar-refractivity contribution in [2.24, 2.45) is 5.92 Å². The lowest BCUT2D eigenvalue weighted by atomic mass is 10.1. The summed E-state index contributed by atoms with van der Waals surface area (Å²) in [6, 6.07) is 3.54. The highest BCUT2D eigenvalue weighted by molar-refractivity contribution is 5.22.